The Balaban J connectivity index is -0.0000000576. The van der Waals surface area contributed by atoms with Crippen LogP contribution in [0.1, 0.15) is 13.3 Å². The molecule has 0 saturated heterocycles. The summed E-state index contributed by atoms with van der Waals surface area (Å²) in [5.74, 6) is -5.65. The van der Waals surface area contributed by atoms with E-state index in [4.69, 9.17) is 30.6 Å². The third-order valence-electron chi connectivity index (χ3n) is 1.18. The van der Waals surface area contributed by atoms with Crippen LogP contribution in [-0.2, 0) is 28.8 Å². The predicted octanol–water partition coefficient (Wildman–Crippen LogP) is 1.77. The number of hydrogen-bond acceptors (Lipinski definition) is 6. The van der Waals surface area contributed by atoms with Gasteiger partial charge in [0.2, 0.25) is 0 Å². The van der Waals surface area contributed by atoms with Crippen LogP contribution in [0.4, 0.5) is 0 Å². The van der Waals surface area contributed by atoms with E-state index in [-0.39, 0.29) is 6.42 Å². The Morgan fingerprint density at radius 2 is 0.567 bits per heavy atom. The fourth-order valence-corrected chi connectivity index (χ4v) is 0. The Morgan fingerprint density at radius 1 is 0.500 bits per heavy atom. The first-order chi connectivity index (χ1) is 13.6. The lowest BCUT2D eigenvalue weighted by Crippen LogP contribution is -1.86. The van der Waals surface area contributed by atoms with E-state index < -0.39 is 35.8 Å². The average molecular weight is 434 g/mol. The molecule has 0 fully saturated rings. The third kappa shape index (κ3) is 211. The number of aliphatic carboxylic acids is 6. The Morgan fingerprint density at radius 3 is 0.567 bits per heavy atom. The zero-order valence-corrected chi connectivity index (χ0v) is 16.3. The molecule has 0 aromatic heterocycles. The second-order valence-corrected chi connectivity index (χ2v) is 3.46. The summed E-state index contributed by atoms with van der Waals surface area (Å²) >= 11 is 0. The predicted molar refractivity (Wildman–Crippen MR) is 107 cm³/mol. The molecular formula is C18H26O12. The summed E-state index contributed by atoms with van der Waals surface area (Å²) in [4.78, 5) is 55.6. The second-order valence-electron chi connectivity index (χ2n) is 3.46. The van der Waals surface area contributed by atoms with Crippen molar-refractivity contribution in [2.75, 3.05) is 0 Å². The summed E-state index contributed by atoms with van der Waals surface area (Å²) in [6, 6.07) is 0. The minimum absolute atomic E-state index is 0.222. The number of rotatable bonds is 6. The van der Waals surface area contributed by atoms with E-state index in [0.29, 0.717) is 0 Å². The van der Waals surface area contributed by atoms with Gasteiger partial charge in [0.1, 0.15) is 0 Å². The second kappa shape index (κ2) is 35.6. The van der Waals surface area contributed by atoms with Crippen molar-refractivity contribution in [1.29, 1.82) is 0 Å². The minimum atomic E-state index is -0.981. The molecule has 170 valence electrons. The van der Waals surface area contributed by atoms with E-state index in [1.165, 1.54) is 0 Å². The Kier molecular flexibility index (Phi) is 47.8. The maximum absolute atomic E-state index is 9.37. The largest absolute Gasteiger partial charge is 0.481 e. The van der Waals surface area contributed by atoms with Crippen molar-refractivity contribution in [3.8, 4) is 0 Å². The first kappa shape index (κ1) is 40.3. The minimum Gasteiger partial charge on any atom is -0.481 e. The van der Waals surface area contributed by atoms with Gasteiger partial charge in [-0.2, -0.15) is 0 Å². The highest BCUT2D eigenvalue weighted by atomic mass is 16.4. The molecule has 0 atom stereocenters. The molecule has 0 aliphatic carbocycles. The monoisotopic (exact) mass is 434 g/mol. The molecule has 0 aromatic rings. The highest BCUT2D eigenvalue weighted by Crippen LogP contribution is 1.67. The van der Waals surface area contributed by atoms with Crippen molar-refractivity contribution < 1.29 is 59.4 Å². The van der Waals surface area contributed by atoms with Gasteiger partial charge in [-0.3, -0.25) is 4.79 Å². The van der Waals surface area contributed by atoms with Crippen LogP contribution in [0.3, 0.4) is 0 Å². The molecule has 0 rings (SSSR count). The standard InChI is InChI=1S/C3H6O2.5C3H4O2/c6*1-2-3(4)5/h2H2,1H3,(H,4,5);5*2H,1H2,(H,4,5). The van der Waals surface area contributed by atoms with Gasteiger partial charge < -0.3 is 30.6 Å². The summed E-state index contributed by atoms with van der Waals surface area (Å²) in [6.07, 6.45) is 4.39. The lowest BCUT2D eigenvalue weighted by Gasteiger charge is -1.71. The van der Waals surface area contributed by atoms with E-state index in [2.05, 4.69) is 32.9 Å². The van der Waals surface area contributed by atoms with Crippen LogP contribution in [0.2, 0.25) is 0 Å². The molecular weight excluding hydrogens is 408 g/mol. The molecule has 0 bridgehead atoms. The average Bonchev–Trinajstić information content (AvgIpc) is 2.69. The van der Waals surface area contributed by atoms with Gasteiger partial charge in [0, 0.05) is 36.8 Å². The van der Waals surface area contributed by atoms with Crippen LogP contribution < -0.4 is 0 Å². The molecule has 0 saturated carbocycles. The molecule has 0 aliphatic rings. The highest BCUT2D eigenvalue weighted by molar-refractivity contribution is 5.80. The van der Waals surface area contributed by atoms with Gasteiger partial charge in [-0.25, -0.2) is 24.0 Å². The van der Waals surface area contributed by atoms with Crippen molar-refractivity contribution >= 4 is 35.8 Å². The van der Waals surface area contributed by atoms with E-state index >= 15 is 0 Å². The van der Waals surface area contributed by atoms with Gasteiger partial charge in [0.05, 0.1) is 0 Å². The molecule has 0 spiro atoms. The molecule has 0 heterocycles. The summed E-state index contributed by atoms with van der Waals surface area (Å²) in [5.41, 5.74) is 0. The van der Waals surface area contributed by atoms with Gasteiger partial charge in [-0.1, -0.05) is 39.8 Å². The molecule has 0 aliphatic heterocycles. The fraction of sp³-hybridized carbons (Fsp3) is 0.111. The van der Waals surface area contributed by atoms with Gasteiger partial charge in [-0.15, -0.1) is 0 Å². The summed E-state index contributed by atoms with van der Waals surface area (Å²) in [7, 11) is 0. The maximum atomic E-state index is 9.37. The number of carboxylic acid groups (broad SMARTS) is 6. The Labute approximate surface area is 172 Å². The summed E-state index contributed by atoms with van der Waals surface area (Å²) < 4.78 is 0. The Bertz CT molecular complexity index is 483. The number of carbonyl (C=O) groups is 6. The van der Waals surface area contributed by atoms with Crippen molar-refractivity contribution in [2.24, 2.45) is 0 Å². The van der Waals surface area contributed by atoms with Crippen LogP contribution in [0.5, 0.6) is 0 Å². The third-order valence-corrected chi connectivity index (χ3v) is 1.18. The van der Waals surface area contributed by atoms with Crippen LogP contribution >= 0.6 is 0 Å². The van der Waals surface area contributed by atoms with Crippen molar-refractivity contribution in [3.05, 3.63) is 63.3 Å². The molecule has 30 heavy (non-hydrogen) atoms. The lowest BCUT2D eigenvalue weighted by atomic mass is 10.5. The molecule has 0 amide bonds. The van der Waals surface area contributed by atoms with Crippen LogP contribution in [0.25, 0.3) is 0 Å². The van der Waals surface area contributed by atoms with Crippen LogP contribution in [0, 0.1) is 0 Å². The van der Waals surface area contributed by atoms with Gasteiger partial charge in [-0.05, 0) is 0 Å². The molecule has 6 N–H and O–H groups in total. The SMILES string of the molecule is C=CC(=O)O.C=CC(=O)O.C=CC(=O)O.C=CC(=O)O.C=CC(=O)O.CCC(=O)O. The first-order valence-electron chi connectivity index (χ1n) is 7.11. The molecule has 0 unspecified atom stereocenters. The van der Waals surface area contributed by atoms with Crippen LogP contribution in [-0.4, -0.2) is 66.5 Å². The normalized spacial score (nSPS) is 6.57. The Hall–Kier alpha value is -4.48. The van der Waals surface area contributed by atoms with E-state index in [0.717, 1.165) is 30.4 Å². The van der Waals surface area contributed by atoms with Crippen molar-refractivity contribution in [1.82, 2.24) is 0 Å². The van der Waals surface area contributed by atoms with E-state index in [1.807, 2.05) is 0 Å². The van der Waals surface area contributed by atoms with Gasteiger partial charge in [0.15, 0.2) is 0 Å². The molecule has 12 nitrogen and oxygen atoms in total. The van der Waals surface area contributed by atoms with Gasteiger partial charge >= 0.3 is 35.8 Å². The summed E-state index contributed by atoms with van der Waals surface area (Å²) in [5, 5.41) is 45.7. The lowest BCUT2D eigenvalue weighted by molar-refractivity contribution is -0.137. The maximum Gasteiger partial charge on any atom is 0.327 e. The number of carboxylic acids is 6. The van der Waals surface area contributed by atoms with Crippen molar-refractivity contribution in [2.45, 2.75) is 13.3 Å². The zero-order valence-electron chi connectivity index (χ0n) is 16.3. The highest BCUT2D eigenvalue weighted by Gasteiger charge is 1.81. The molecule has 0 aromatic carbocycles. The quantitative estimate of drug-likeness (QED) is 0.329. The number of hydrogen-bond donors (Lipinski definition) is 6. The molecule has 12 heteroatoms. The topological polar surface area (TPSA) is 224 Å². The van der Waals surface area contributed by atoms with Crippen molar-refractivity contribution in [3.63, 3.8) is 0 Å². The smallest absolute Gasteiger partial charge is 0.327 e. The van der Waals surface area contributed by atoms with Gasteiger partial charge in [0.25, 0.3) is 0 Å². The van der Waals surface area contributed by atoms with Crippen LogP contribution in [0.15, 0.2) is 63.3 Å². The fourth-order valence-electron chi connectivity index (χ4n) is 0. The first-order valence-corrected chi connectivity index (χ1v) is 7.11. The van der Waals surface area contributed by atoms with E-state index in [1.54, 1.807) is 6.92 Å². The zero-order chi connectivity index (χ0) is 25.7. The summed E-state index contributed by atoms with van der Waals surface area (Å²) in [6.45, 7) is 16.4. The molecule has 0 radical (unpaired) electrons. The van der Waals surface area contributed by atoms with E-state index in [9.17, 15) is 28.8 Å².